The Morgan fingerprint density at radius 1 is 1.39 bits per heavy atom. The van der Waals surface area contributed by atoms with Crippen molar-refractivity contribution < 1.29 is 13.7 Å². The number of nitrogens with one attached hydrogen (secondary N) is 1. The molecule has 2 aromatic heterocycles. The Bertz CT molecular complexity index is 541. The zero-order valence-electron chi connectivity index (χ0n) is 10.4. The molecule has 0 spiro atoms. The third kappa shape index (κ3) is 2.04. The molecule has 0 aliphatic carbocycles. The van der Waals surface area contributed by atoms with Crippen LogP contribution in [0.3, 0.4) is 0 Å². The molecule has 1 aliphatic heterocycles. The van der Waals surface area contributed by atoms with Crippen LogP contribution in [0, 0.1) is 13.8 Å². The van der Waals surface area contributed by atoms with E-state index in [1.165, 1.54) is 0 Å². The molecule has 18 heavy (non-hydrogen) atoms. The maximum Gasteiger partial charge on any atom is 0.261 e. The lowest BCUT2D eigenvalue weighted by Gasteiger charge is -2.20. The van der Waals surface area contributed by atoms with Gasteiger partial charge in [0, 0.05) is 6.54 Å². The zero-order valence-corrected chi connectivity index (χ0v) is 10.4. The second kappa shape index (κ2) is 4.55. The van der Waals surface area contributed by atoms with Gasteiger partial charge in [-0.05, 0) is 19.9 Å². The predicted molar refractivity (Wildman–Crippen MR) is 63.0 cm³/mol. The second-order valence-electron chi connectivity index (χ2n) is 4.37. The van der Waals surface area contributed by atoms with Crippen LogP contribution >= 0.6 is 0 Å². The number of morpholine rings is 1. The maximum absolute atomic E-state index is 5.46. The highest BCUT2D eigenvalue weighted by molar-refractivity contribution is 5.56. The van der Waals surface area contributed by atoms with Gasteiger partial charge >= 0.3 is 0 Å². The lowest BCUT2D eigenvalue weighted by atomic mass is 10.2. The van der Waals surface area contributed by atoms with Gasteiger partial charge in [-0.3, -0.25) is 0 Å². The number of aromatic nitrogens is 2. The molecule has 1 fully saturated rings. The molecule has 0 bridgehead atoms. The highest BCUT2D eigenvalue weighted by Gasteiger charge is 2.22. The Kier molecular flexibility index (Phi) is 2.89. The van der Waals surface area contributed by atoms with E-state index in [9.17, 15) is 0 Å². The lowest BCUT2D eigenvalue weighted by molar-refractivity contribution is 0.0734. The van der Waals surface area contributed by atoms with Crippen molar-refractivity contribution in [2.75, 3.05) is 19.8 Å². The fraction of sp³-hybridized carbons (Fsp3) is 0.500. The van der Waals surface area contributed by atoms with Gasteiger partial charge in [-0.2, -0.15) is 4.98 Å². The standard InChI is InChI=1S/C12H15N3O3/c1-7-5-9(8(2)17-7)12-14-11(15-18-12)10-6-16-4-3-13-10/h5,10,13H,3-4,6H2,1-2H3. The smallest absolute Gasteiger partial charge is 0.261 e. The van der Waals surface area contributed by atoms with Crippen LogP contribution in [0.5, 0.6) is 0 Å². The molecule has 0 aromatic carbocycles. The first-order valence-corrected chi connectivity index (χ1v) is 5.96. The van der Waals surface area contributed by atoms with E-state index in [-0.39, 0.29) is 6.04 Å². The summed E-state index contributed by atoms with van der Waals surface area (Å²) in [5.74, 6) is 2.74. The van der Waals surface area contributed by atoms with E-state index >= 15 is 0 Å². The number of nitrogens with zero attached hydrogens (tertiary/aromatic N) is 2. The van der Waals surface area contributed by atoms with Crippen LogP contribution in [-0.2, 0) is 4.74 Å². The maximum atomic E-state index is 5.46. The van der Waals surface area contributed by atoms with Crippen LogP contribution in [0.15, 0.2) is 15.0 Å². The van der Waals surface area contributed by atoms with Crippen LogP contribution in [0.1, 0.15) is 23.4 Å². The summed E-state index contributed by atoms with van der Waals surface area (Å²) in [6.45, 7) is 5.88. The van der Waals surface area contributed by atoms with Gasteiger partial charge in [0.05, 0.1) is 24.8 Å². The molecule has 6 nitrogen and oxygen atoms in total. The molecule has 3 heterocycles. The van der Waals surface area contributed by atoms with Gasteiger partial charge in [-0.15, -0.1) is 0 Å². The molecule has 1 N–H and O–H groups in total. The van der Waals surface area contributed by atoms with Crippen molar-refractivity contribution in [1.82, 2.24) is 15.5 Å². The van der Waals surface area contributed by atoms with E-state index in [0.717, 1.165) is 30.2 Å². The Morgan fingerprint density at radius 3 is 2.94 bits per heavy atom. The van der Waals surface area contributed by atoms with Gasteiger partial charge in [0.1, 0.15) is 11.5 Å². The molecule has 3 rings (SSSR count). The molecule has 0 radical (unpaired) electrons. The van der Waals surface area contributed by atoms with Gasteiger partial charge in [-0.1, -0.05) is 5.16 Å². The first-order valence-electron chi connectivity index (χ1n) is 5.96. The summed E-state index contributed by atoms with van der Waals surface area (Å²) in [5.41, 5.74) is 0.850. The summed E-state index contributed by atoms with van der Waals surface area (Å²) >= 11 is 0. The molecular formula is C12H15N3O3. The quantitative estimate of drug-likeness (QED) is 0.871. The fourth-order valence-corrected chi connectivity index (χ4v) is 2.06. The number of hydrogen-bond donors (Lipinski definition) is 1. The van der Waals surface area contributed by atoms with E-state index in [0.29, 0.717) is 18.3 Å². The molecule has 1 saturated heterocycles. The zero-order chi connectivity index (χ0) is 12.5. The SMILES string of the molecule is Cc1cc(-c2nc(C3COCCN3)no2)c(C)o1. The summed E-state index contributed by atoms with van der Waals surface area (Å²) in [5, 5.41) is 7.28. The predicted octanol–water partition coefficient (Wildman–Crippen LogP) is 1.61. The van der Waals surface area contributed by atoms with Crippen LogP contribution in [0.4, 0.5) is 0 Å². The number of hydrogen-bond acceptors (Lipinski definition) is 6. The minimum absolute atomic E-state index is 0.00422. The molecule has 1 unspecified atom stereocenters. The first-order chi connectivity index (χ1) is 8.74. The van der Waals surface area contributed by atoms with E-state index in [1.54, 1.807) is 0 Å². The number of ether oxygens (including phenoxy) is 1. The van der Waals surface area contributed by atoms with Crippen molar-refractivity contribution in [1.29, 1.82) is 0 Å². The fourth-order valence-electron chi connectivity index (χ4n) is 2.06. The summed E-state index contributed by atoms with van der Waals surface area (Å²) < 4.78 is 16.1. The third-order valence-corrected chi connectivity index (χ3v) is 2.95. The number of aryl methyl sites for hydroxylation is 2. The topological polar surface area (TPSA) is 73.3 Å². The Morgan fingerprint density at radius 2 is 2.28 bits per heavy atom. The average Bonchev–Trinajstić information content (AvgIpc) is 2.97. The van der Waals surface area contributed by atoms with E-state index < -0.39 is 0 Å². The highest BCUT2D eigenvalue weighted by atomic mass is 16.5. The van der Waals surface area contributed by atoms with E-state index in [4.69, 9.17) is 13.7 Å². The third-order valence-electron chi connectivity index (χ3n) is 2.95. The van der Waals surface area contributed by atoms with Crippen LogP contribution in [0.2, 0.25) is 0 Å². The summed E-state index contributed by atoms with van der Waals surface area (Å²) in [6.07, 6.45) is 0. The van der Waals surface area contributed by atoms with Crippen molar-refractivity contribution >= 4 is 0 Å². The lowest BCUT2D eigenvalue weighted by Crippen LogP contribution is -2.35. The summed E-state index contributed by atoms with van der Waals surface area (Å²) in [7, 11) is 0. The first kappa shape index (κ1) is 11.4. The Hall–Kier alpha value is -1.66. The monoisotopic (exact) mass is 249 g/mol. The molecule has 6 heteroatoms. The number of furan rings is 1. The largest absolute Gasteiger partial charge is 0.466 e. The van der Waals surface area contributed by atoms with Crippen molar-refractivity contribution in [2.45, 2.75) is 19.9 Å². The van der Waals surface area contributed by atoms with Crippen molar-refractivity contribution in [3.8, 4) is 11.5 Å². The van der Waals surface area contributed by atoms with Gasteiger partial charge in [0.25, 0.3) is 5.89 Å². The normalized spacial score (nSPS) is 20.2. The Balaban J connectivity index is 1.86. The van der Waals surface area contributed by atoms with Gasteiger partial charge < -0.3 is 19.0 Å². The van der Waals surface area contributed by atoms with Crippen LogP contribution in [0.25, 0.3) is 11.5 Å². The second-order valence-corrected chi connectivity index (χ2v) is 4.37. The molecule has 1 atom stereocenters. The molecule has 0 saturated carbocycles. The van der Waals surface area contributed by atoms with Crippen molar-refractivity contribution in [3.05, 3.63) is 23.4 Å². The minimum atomic E-state index is 0.00422. The van der Waals surface area contributed by atoms with Crippen LogP contribution in [-0.4, -0.2) is 29.9 Å². The van der Waals surface area contributed by atoms with Crippen molar-refractivity contribution in [3.63, 3.8) is 0 Å². The average molecular weight is 249 g/mol. The molecule has 0 amide bonds. The summed E-state index contributed by atoms with van der Waals surface area (Å²) in [4.78, 5) is 4.40. The van der Waals surface area contributed by atoms with Gasteiger partial charge in [0.2, 0.25) is 0 Å². The molecule has 96 valence electrons. The van der Waals surface area contributed by atoms with Crippen LogP contribution < -0.4 is 5.32 Å². The highest BCUT2D eigenvalue weighted by Crippen LogP contribution is 2.26. The Labute approximate surface area is 104 Å². The molecular weight excluding hydrogens is 234 g/mol. The van der Waals surface area contributed by atoms with Crippen molar-refractivity contribution in [2.24, 2.45) is 0 Å². The molecule has 1 aliphatic rings. The van der Waals surface area contributed by atoms with E-state index in [1.807, 2.05) is 19.9 Å². The molecule has 2 aromatic rings. The van der Waals surface area contributed by atoms with Gasteiger partial charge in [0.15, 0.2) is 5.82 Å². The minimum Gasteiger partial charge on any atom is -0.466 e. The van der Waals surface area contributed by atoms with E-state index in [2.05, 4.69) is 15.5 Å². The number of rotatable bonds is 2. The summed E-state index contributed by atoms with van der Waals surface area (Å²) in [6, 6.07) is 1.90. The van der Waals surface area contributed by atoms with Gasteiger partial charge in [-0.25, -0.2) is 0 Å².